The van der Waals surface area contributed by atoms with E-state index in [-0.39, 0.29) is 5.15 Å². The Bertz CT molecular complexity index is 718. The molecule has 0 aromatic carbocycles. The fourth-order valence-electron chi connectivity index (χ4n) is 1.60. The van der Waals surface area contributed by atoms with Gasteiger partial charge in [-0.3, -0.25) is 4.98 Å². The SMILES string of the molecule is Fc1cc2c(Cl)nc(-c3ccncc3)nc2cn1. The van der Waals surface area contributed by atoms with E-state index in [1.165, 1.54) is 12.3 Å². The van der Waals surface area contributed by atoms with E-state index < -0.39 is 5.95 Å². The van der Waals surface area contributed by atoms with Crippen LogP contribution in [0.25, 0.3) is 22.3 Å². The van der Waals surface area contributed by atoms with Crippen molar-refractivity contribution >= 4 is 22.5 Å². The van der Waals surface area contributed by atoms with Crippen LogP contribution in [0.5, 0.6) is 0 Å². The summed E-state index contributed by atoms with van der Waals surface area (Å²) >= 11 is 6.02. The number of fused-ring (bicyclic) bond motifs is 1. The molecule has 0 bridgehead atoms. The standard InChI is InChI=1S/C12H6ClFN4/c13-11-8-5-10(14)16-6-9(8)17-12(18-11)7-1-3-15-4-2-7/h1-6H. The zero-order valence-corrected chi connectivity index (χ0v) is 9.76. The summed E-state index contributed by atoms with van der Waals surface area (Å²) in [5, 5.41) is 0.648. The predicted octanol–water partition coefficient (Wildman–Crippen LogP) is 2.88. The van der Waals surface area contributed by atoms with Gasteiger partial charge in [0.05, 0.1) is 11.7 Å². The van der Waals surface area contributed by atoms with Crippen molar-refractivity contribution < 1.29 is 4.39 Å². The van der Waals surface area contributed by atoms with Crippen LogP contribution in [0.2, 0.25) is 5.15 Å². The number of aromatic nitrogens is 4. The lowest BCUT2D eigenvalue weighted by Gasteiger charge is -2.03. The molecule has 0 saturated carbocycles. The van der Waals surface area contributed by atoms with Gasteiger partial charge < -0.3 is 0 Å². The van der Waals surface area contributed by atoms with Crippen LogP contribution in [-0.2, 0) is 0 Å². The average Bonchev–Trinajstić information content (AvgIpc) is 2.40. The molecule has 0 amide bonds. The van der Waals surface area contributed by atoms with Crippen molar-refractivity contribution in [1.82, 2.24) is 19.9 Å². The third-order valence-electron chi connectivity index (χ3n) is 2.44. The molecule has 6 heteroatoms. The second kappa shape index (κ2) is 4.27. The van der Waals surface area contributed by atoms with E-state index in [2.05, 4.69) is 19.9 Å². The van der Waals surface area contributed by atoms with Crippen molar-refractivity contribution in [2.75, 3.05) is 0 Å². The molecular formula is C12H6ClFN4. The molecule has 3 aromatic rings. The Morgan fingerprint density at radius 1 is 1.11 bits per heavy atom. The van der Waals surface area contributed by atoms with Crippen molar-refractivity contribution in [2.45, 2.75) is 0 Å². The molecule has 0 N–H and O–H groups in total. The van der Waals surface area contributed by atoms with E-state index in [4.69, 9.17) is 11.6 Å². The van der Waals surface area contributed by atoms with Crippen molar-refractivity contribution in [3.05, 3.63) is 47.9 Å². The van der Waals surface area contributed by atoms with Gasteiger partial charge in [0.1, 0.15) is 5.15 Å². The number of nitrogens with zero attached hydrogens (tertiary/aromatic N) is 4. The van der Waals surface area contributed by atoms with Crippen LogP contribution in [0.4, 0.5) is 4.39 Å². The Morgan fingerprint density at radius 2 is 1.89 bits per heavy atom. The quantitative estimate of drug-likeness (QED) is 0.499. The maximum absolute atomic E-state index is 13.0. The average molecular weight is 261 g/mol. The molecule has 4 nitrogen and oxygen atoms in total. The minimum Gasteiger partial charge on any atom is -0.265 e. The number of hydrogen-bond acceptors (Lipinski definition) is 4. The summed E-state index contributed by atoms with van der Waals surface area (Å²) in [6.07, 6.45) is 4.61. The zero-order valence-electron chi connectivity index (χ0n) is 9.01. The van der Waals surface area contributed by atoms with E-state index in [9.17, 15) is 4.39 Å². The molecule has 0 saturated heterocycles. The molecule has 3 heterocycles. The molecule has 0 fully saturated rings. The Balaban J connectivity index is 2.25. The lowest BCUT2D eigenvalue weighted by molar-refractivity contribution is 0.586. The molecule has 0 radical (unpaired) electrons. The van der Waals surface area contributed by atoms with Crippen LogP contribution in [0.1, 0.15) is 0 Å². The molecule has 0 unspecified atom stereocenters. The number of pyridine rings is 2. The molecule has 3 aromatic heterocycles. The topological polar surface area (TPSA) is 51.6 Å². The Labute approximate surface area is 107 Å². The maximum Gasteiger partial charge on any atom is 0.213 e. The zero-order chi connectivity index (χ0) is 12.5. The lowest BCUT2D eigenvalue weighted by Crippen LogP contribution is -1.94. The summed E-state index contributed by atoms with van der Waals surface area (Å²) in [7, 11) is 0. The van der Waals surface area contributed by atoms with Crippen LogP contribution in [-0.4, -0.2) is 19.9 Å². The smallest absolute Gasteiger partial charge is 0.213 e. The van der Waals surface area contributed by atoms with Gasteiger partial charge in [0, 0.05) is 29.4 Å². The second-order valence-corrected chi connectivity index (χ2v) is 3.96. The second-order valence-electron chi connectivity index (χ2n) is 3.60. The van der Waals surface area contributed by atoms with Crippen molar-refractivity contribution in [2.24, 2.45) is 0 Å². The van der Waals surface area contributed by atoms with Crippen molar-refractivity contribution in [1.29, 1.82) is 0 Å². The highest BCUT2D eigenvalue weighted by molar-refractivity contribution is 6.34. The highest BCUT2D eigenvalue weighted by atomic mass is 35.5. The van der Waals surface area contributed by atoms with Gasteiger partial charge in [-0.15, -0.1) is 0 Å². The van der Waals surface area contributed by atoms with E-state index in [0.717, 1.165) is 5.56 Å². The summed E-state index contributed by atoms with van der Waals surface area (Å²) in [5.74, 6) is -0.145. The monoisotopic (exact) mass is 260 g/mol. The van der Waals surface area contributed by atoms with E-state index >= 15 is 0 Å². The predicted molar refractivity (Wildman–Crippen MR) is 65.5 cm³/mol. The summed E-state index contributed by atoms with van der Waals surface area (Å²) < 4.78 is 13.0. The molecule has 0 spiro atoms. The van der Waals surface area contributed by atoms with Gasteiger partial charge in [-0.25, -0.2) is 15.0 Å². The van der Waals surface area contributed by atoms with Gasteiger partial charge in [-0.2, -0.15) is 4.39 Å². The molecule has 3 rings (SSSR count). The van der Waals surface area contributed by atoms with Gasteiger partial charge in [-0.05, 0) is 12.1 Å². The lowest BCUT2D eigenvalue weighted by atomic mass is 10.2. The molecule has 0 aliphatic heterocycles. The van der Waals surface area contributed by atoms with E-state index in [1.807, 2.05) is 0 Å². The number of halogens is 2. The highest BCUT2D eigenvalue weighted by Crippen LogP contribution is 2.24. The fourth-order valence-corrected chi connectivity index (χ4v) is 1.83. The first kappa shape index (κ1) is 11.0. The first-order chi connectivity index (χ1) is 8.74. The minimum absolute atomic E-state index is 0.202. The highest BCUT2D eigenvalue weighted by Gasteiger charge is 2.09. The van der Waals surface area contributed by atoms with Crippen LogP contribution >= 0.6 is 11.6 Å². The van der Waals surface area contributed by atoms with Gasteiger partial charge >= 0.3 is 0 Å². The molecule has 0 aliphatic rings. The summed E-state index contributed by atoms with van der Waals surface area (Å²) in [4.78, 5) is 15.9. The maximum atomic E-state index is 13.0. The Hall–Kier alpha value is -2.14. The van der Waals surface area contributed by atoms with Gasteiger partial charge in [0.25, 0.3) is 0 Å². The van der Waals surface area contributed by atoms with Crippen LogP contribution < -0.4 is 0 Å². The van der Waals surface area contributed by atoms with Gasteiger partial charge in [-0.1, -0.05) is 11.6 Å². The third kappa shape index (κ3) is 1.89. The fraction of sp³-hybridized carbons (Fsp3) is 0. The van der Waals surface area contributed by atoms with Crippen LogP contribution in [0, 0.1) is 5.95 Å². The summed E-state index contributed by atoms with van der Waals surface area (Å²) in [5.41, 5.74) is 1.29. The molecule has 88 valence electrons. The van der Waals surface area contributed by atoms with Crippen molar-refractivity contribution in [3.63, 3.8) is 0 Å². The van der Waals surface area contributed by atoms with E-state index in [1.54, 1.807) is 24.5 Å². The van der Waals surface area contributed by atoms with Gasteiger partial charge in [0.2, 0.25) is 5.95 Å². The van der Waals surface area contributed by atoms with E-state index in [0.29, 0.717) is 16.7 Å². The number of hydrogen-bond donors (Lipinski definition) is 0. The molecular weight excluding hydrogens is 255 g/mol. The molecule has 0 atom stereocenters. The normalized spacial score (nSPS) is 10.8. The number of rotatable bonds is 1. The van der Waals surface area contributed by atoms with Gasteiger partial charge in [0.15, 0.2) is 5.82 Å². The minimum atomic E-state index is -0.607. The first-order valence-corrected chi connectivity index (χ1v) is 5.51. The first-order valence-electron chi connectivity index (χ1n) is 5.13. The summed E-state index contributed by atoms with van der Waals surface area (Å²) in [6.45, 7) is 0. The third-order valence-corrected chi connectivity index (χ3v) is 2.73. The largest absolute Gasteiger partial charge is 0.265 e. The van der Waals surface area contributed by atoms with Crippen LogP contribution in [0.15, 0.2) is 36.8 Å². The Morgan fingerprint density at radius 3 is 2.67 bits per heavy atom. The van der Waals surface area contributed by atoms with Crippen molar-refractivity contribution in [3.8, 4) is 11.4 Å². The summed E-state index contributed by atoms with van der Waals surface area (Å²) in [6, 6.07) is 4.76. The molecule has 18 heavy (non-hydrogen) atoms. The Kier molecular flexibility index (Phi) is 2.60. The van der Waals surface area contributed by atoms with Crippen LogP contribution in [0.3, 0.4) is 0 Å². The molecule has 0 aliphatic carbocycles.